The highest BCUT2D eigenvalue weighted by atomic mass is 16.5. The van der Waals surface area contributed by atoms with Crippen molar-refractivity contribution in [1.29, 1.82) is 0 Å². The van der Waals surface area contributed by atoms with Crippen LogP contribution in [-0.2, 0) is 0 Å². The van der Waals surface area contributed by atoms with E-state index in [9.17, 15) is 10.3 Å². The first-order valence-corrected chi connectivity index (χ1v) is 7.55. The van der Waals surface area contributed by atoms with Crippen LogP contribution in [0.2, 0.25) is 0 Å². The predicted octanol–water partition coefficient (Wildman–Crippen LogP) is 1.29. The van der Waals surface area contributed by atoms with Crippen molar-refractivity contribution in [2.75, 3.05) is 13.1 Å². The summed E-state index contributed by atoms with van der Waals surface area (Å²) in [6.07, 6.45) is 5.60. The zero-order valence-corrected chi connectivity index (χ0v) is 12.0. The number of rotatable bonds is 1. The smallest absolute Gasteiger partial charge is 0.230 e. The molecule has 2 aliphatic heterocycles. The summed E-state index contributed by atoms with van der Waals surface area (Å²) in [5, 5.41) is 36.1. The summed E-state index contributed by atoms with van der Waals surface area (Å²) in [7, 11) is 0. The second kappa shape index (κ2) is 4.70. The van der Waals surface area contributed by atoms with E-state index >= 15 is 0 Å². The van der Waals surface area contributed by atoms with Gasteiger partial charge in [0.05, 0.1) is 12.1 Å². The molecule has 0 unspecified atom stereocenters. The van der Waals surface area contributed by atoms with Crippen LogP contribution in [0.1, 0.15) is 51.9 Å². The third-order valence-electron chi connectivity index (χ3n) is 5.21. The molecule has 0 aromatic carbocycles. The number of nitrogens with zero attached hydrogens (tertiary/aromatic N) is 3. The van der Waals surface area contributed by atoms with Crippen LogP contribution in [0.25, 0.3) is 0 Å². The third-order valence-corrected chi connectivity index (χ3v) is 5.21. The first-order valence-electron chi connectivity index (χ1n) is 7.55. The van der Waals surface area contributed by atoms with Crippen LogP contribution in [0.15, 0.2) is 5.16 Å². The van der Waals surface area contributed by atoms with Gasteiger partial charge in [-0.25, -0.2) is 4.90 Å². The van der Waals surface area contributed by atoms with Crippen molar-refractivity contribution in [2.24, 2.45) is 5.16 Å². The highest BCUT2D eigenvalue weighted by Crippen LogP contribution is 2.41. The van der Waals surface area contributed by atoms with Crippen LogP contribution in [-0.4, -0.2) is 55.7 Å². The van der Waals surface area contributed by atoms with E-state index < -0.39 is 11.3 Å². The van der Waals surface area contributed by atoms with Crippen LogP contribution in [0.3, 0.4) is 0 Å². The van der Waals surface area contributed by atoms with Gasteiger partial charge in [-0.05, 0) is 25.7 Å². The minimum absolute atomic E-state index is 0.304. The lowest BCUT2D eigenvalue weighted by molar-refractivity contribution is -0.571. The molecule has 0 radical (unpaired) electrons. The highest BCUT2D eigenvalue weighted by molar-refractivity contribution is 6.15. The Morgan fingerprint density at radius 2 is 1.90 bits per heavy atom. The maximum atomic E-state index is 12.8. The van der Waals surface area contributed by atoms with Gasteiger partial charge in [-0.1, -0.05) is 11.6 Å². The van der Waals surface area contributed by atoms with Gasteiger partial charge < -0.3 is 15.5 Å². The minimum atomic E-state index is -1.35. The highest BCUT2D eigenvalue weighted by Gasteiger charge is 2.62. The van der Waals surface area contributed by atoms with Gasteiger partial charge >= 0.3 is 0 Å². The Morgan fingerprint density at radius 3 is 2.55 bits per heavy atom. The summed E-state index contributed by atoms with van der Waals surface area (Å²) in [6, 6.07) is 0. The summed E-state index contributed by atoms with van der Waals surface area (Å²) in [4.78, 5) is 2.18. The number of likely N-dealkylation sites (tertiary alicyclic amines) is 1. The SMILES string of the molecule is C[C@]1(N2CCCCC2)C[C@]2(O)C(=NO)CCCC2=[N+]1[O-]. The van der Waals surface area contributed by atoms with Gasteiger partial charge in [-0.2, -0.15) is 4.74 Å². The van der Waals surface area contributed by atoms with Crippen LogP contribution in [0.4, 0.5) is 0 Å². The van der Waals surface area contributed by atoms with Gasteiger partial charge in [0.15, 0.2) is 5.60 Å². The quantitative estimate of drug-likeness (QED) is 0.328. The second-order valence-corrected chi connectivity index (χ2v) is 6.44. The third kappa shape index (κ3) is 1.78. The van der Waals surface area contributed by atoms with Gasteiger partial charge in [0.2, 0.25) is 11.4 Å². The van der Waals surface area contributed by atoms with Crippen LogP contribution >= 0.6 is 0 Å². The monoisotopic (exact) mass is 281 g/mol. The van der Waals surface area contributed by atoms with Crippen molar-refractivity contribution in [3.05, 3.63) is 5.21 Å². The molecule has 112 valence electrons. The van der Waals surface area contributed by atoms with E-state index in [4.69, 9.17) is 5.21 Å². The molecule has 2 atom stereocenters. The van der Waals surface area contributed by atoms with Crippen LogP contribution in [0, 0.1) is 5.21 Å². The molecule has 6 heteroatoms. The van der Waals surface area contributed by atoms with Crippen LogP contribution in [0.5, 0.6) is 0 Å². The molecule has 2 fully saturated rings. The molecule has 0 bridgehead atoms. The van der Waals surface area contributed by atoms with Gasteiger partial charge in [-0.15, -0.1) is 0 Å². The molecule has 1 saturated heterocycles. The van der Waals surface area contributed by atoms with E-state index in [-0.39, 0.29) is 0 Å². The van der Waals surface area contributed by atoms with E-state index in [2.05, 4.69) is 10.1 Å². The molecule has 1 saturated carbocycles. The Labute approximate surface area is 119 Å². The van der Waals surface area contributed by atoms with Crippen molar-refractivity contribution in [3.8, 4) is 0 Å². The Hall–Kier alpha value is -1.14. The van der Waals surface area contributed by atoms with E-state index in [1.165, 1.54) is 6.42 Å². The topological polar surface area (TPSA) is 82.1 Å². The number of aliphatic hydroxyl groups is 1. The lowest BCUT2D eigenvalue weighted by Crippen LogP contribution is -2.54. The van der Waals surface area contributed by atoms with Crippen molar-refractivity contribution in [3.63, 3.8) is 0 Å². The van der Waals surface area contributed by atoms with Gasteiger partial charge in [-0.3, -0.25) is 0 Å². The molecule has 3 aliphatic rings. The maximum Gasteiger partial charge on any atom is 0.230 e. The molecule has 0 aromatic heterocycles. The van der Waals surface area contributed by atoms with Crippen molar-refractivity contribution >= 4 is 11.4 Å². The summed E-state index contributed by atoms with van der Waals surface area (Å²) < 4.78 is 1.00. The normalized spacial score (nSPS) is 41.2. The largest absolute Gasteiger partial charge is 0.622 e. The van der Waals surface area contributed by atoms with Gasteiger partial charge in [0.1, 0.15) is 0 Å². The van der Waals surface area contributed by atoms with Crippen molar-refractivity contribution in [1.82, 2.24) is 4.90 Å². The maximum absolute atomic E-state index is 12.8. The van der Waals surface area contributed by atoms with Crippen LogP contribution < -0.4 is 0 Å². The lowest BCUT2D eigenvalue weighted by atomic mass is 9.78. The van der Waals surface area contributed by atoms with Crippen molar-refractivity contribution < 1.29 is 15.1 Å². The van der Waals surface area contributed by atoms with E-state index in [1.807, 2.05) is 6.92 Å². The molecule has 6 nitrogen and oxygen atoms in total. The molecule has 2 N–H and O–H groups in total. The first kappa shape index (κ1) is 13.8. The summed E-state index contributed by atoms with van der Waals surface area (Å²) >= 11 is 0. The summed E-state index contributed by atoms with van der Waals surface area (Å²) in [5.41, 5.74) is -1.24. The number of hydrogen-bond acceptors (Lipinski definition) is 5. The lowest BCUT2D eigenvalue weighted by Gasteiger charge is -2.38. The Kier molecular flexibility index (Phi) is 3.25. The zero-order valence-electron chi connectivity index (χ0n) is 12.0. The van der Waals surface area contributed by atoms with Gasteiger partial charge in [0.25, 0.3) is 0 Å². The molecular weight excluding hydrogens is 258 g/mol. The predicted molar refractivity (Wildman–Crippen MR) is 75.1 cm³/mol. The molecule has 0 amide bonds. The molecule has 20 heavy (non-hydrogen) atoms. The summed E-state index contributed by atoms with van der Waals surface area (Å²) in [6.45, 7) is 3.69. The average Bonchev–Trinajstić information content (AvgIpc) is 2.68. The molecule has 2 heterocycles. The molecule has 0 spiro atoms. The number of oxime groups is 1. The zero-order chi connectivity index (χ0) is 14.4. The number of fused-ring (bicyclic) bond motifs is 1. The molecule has 1 aliphatic carbocycles. The summed E-state index contributed by atoms with van der Waals surface area (Å²) in [5.74, 6) is 0. The number of hydroxylamine groups is 1. The minimum Gasteiger partial charge on any atom is -0.622 e. The molecule has 3 rings (SSSR count). The fourth-order valence-corrected chi connectivity index (χ4v) is 4.07. The fourth-order valence-electron chi connectivity index (χ4n) is 4.07. The first-order chi connectivity index (χ1) is 9.52. The van der Waals surface area contributed by atoms with E-state index in [1.54, 1.807) is 0 Å². The number of piperidine rings is 1. The van der Waals surface area contributed by atoms with Gasteiger partial charge in [0, 0.05) is 26.4 Å². The Balaban J connectivity index is 1.98. The average molecular weight is 281 g/mol. The molecule has 0 aromatic rings. The fraction of sp³-hybridized carbons (Fsp3) is 0.857. The standard InChI is InChI=1S/C14H23N3O3/c1-13(16-8-3-2-4-9-16)10-14(18)11(15-19)6-5-7-12(14)17(13)20/h18-19H,2-10H2,1H3/t13-,14+/m1/s1. The number of hydrogen-bond donors (Lipinski definition) is 2. The van der Waals surface area contributed by atoms with E-state index in [0.717, 1.165) is 37.1 Å². The van der Waals surface area contributed by atoms with E-state index in [0.29, 0.717) is 30.7 Å². The molecular formula is C14H23N3O3. The Morgan fingerprint density at radius 1 is 1.20 bits per heavy atom. The second-order valence-electron chi connectivity index (χ2n) is 6.44. The Bertz CT molecular complexity index is 470. The van der Waals surface area contributed by atoms with Crippen molar-refractivity contribution in [2.45, 2.75) is 63.1 Å².